The monoisotopic (exact) mass is 535 g/mol. The maximum Gasteiger partial charge on any atom is 0.416 e. The van der Waals surface area contributed by atoms with Gasteiger partial charge in [0.25, 0.3) is 0 Å². The molecule has 0 aliphatic carbocycles. The summed E-state index contributed by atoms with van der Waals surface area (Å²) in [5, 5.41) is 10.1. The molecule has 1 aromatic heterocycles. The topological polar surface area (TPSA) is 102 Å². The molecule has 7 nitrogen and oxygen atoms in total. The van der Waals surface area contributed by atoms with Crippen molar-refractivity contribution in [2.45, 2.75) is 25.4 Å². The number of halogens is 3. The Hall–Kier alpha value is -4.44. The molecule has 2 amide bonds. The lowest BCUT2D eigenvalue weighted by atomic mass is 10.0. The summed E-state index contributed by atoms with van der Waals surface area (Å²) in [7, 11) is 1.58. The van der Waals surface area contributed by atoms with Gasteiger partial charge in [-0.05, 0) is 53.6 Å². The second-order valence-electron chi connectivity index (χ2n) is 8.89. The van der Waals surface area contributed by atoms with Crippen molar-refractivity contribution in [2.75, 3.05) is 18.9 Å². The minimum absolute atomic E-state index is 0.0930. The van der Waals surface area contributed by atoms with E-state index in [0.717, 1.165) is 40.3 Å². The van der Waals surface area contributed by atoms with Crippen LogP contribution in [0, 0.1) is 0 Å². The minimum atomic E-state index is -4.38. The number of hydrogen-bond donors (Lipinski definition) is 3. The van der Waals surface area contributed by atoms with Gasteiger partial charge >= 0.3 is 6.18 Å². The third kappa shape index (κ3) is 6.91. The quantitative estimate of drug-likeness (QED) is 0.275. The third-order valence-corrected chi connectivity index (χ3v) is 6.14. The van der Waals surface area contributed by atoms with Gasteiger partial charge in [0.05, 0.1) is 22.6 Å². The Kier molecular flexibility index (Phi) is 8.46. The van der Waals surface area contributed by atoms with Crippen LogP contribution in [0.4, 0.5) is 18.9 Å². The average Bonchev–Trinajstić information content (AvgIpc) is 3.36. The van der Waals surface area contributed by atoms with E-state index < -0.39 is 11.7 Å². The van der Waals surface area contributed by atoms with Crippen LogP contribution in [0.1, 0.15) is 24.1 Å². The number of alkyl halides is 3. The molecule has 0 spiro atoms. The Bertz CT molecular complexity index is 1430. The van der Waals surface area contributed by atoms with Gasteiger partial charge in [-0.15, -0.1) is 0 Å². The summed E-state index contributed by atoms with van der Waals surface area (Å²) >= 11 is 0. The van der Waals surface area contributed by atoms with Gasteiger partial charge in [0.2, 0.25) is 11.8 Å². The first-order valence-electron chi connectivity index (χ1n) is 12.4. The van der Waals surface area contributed by atoms with E-state index in [9.17, 15) is 22.8 Å². The molecule has 0 bridgehead atoms. The molecule has 4 N–H and O–H groups in total. The molecule has 0 aliphatic heterocycles. The molecule has 3 aromatic carbocycles. The molecule has 0 radical (unpaired) electrons. The van der Waals surface area contributed by atoms with E-state index >= 15 is 0 Å². The first kappa shape index (κ1) is 27.6. The van der Waals surface area contributed by atoms with Crippen molar-refractivity contribution in [3.63, 3.8) is 0 Å². The maximum absolute atomic E-state index is 12.9. The Morgan fingerprint density at radius 2 is 1.44 bits per heavy atom. The van der Waals surface area contributed by atoms with Crippen molar-refractivity contribution in [1.82, 2.24) is 15.1 Å². The van der Waals surface area contributed by atoms with Crippen molar-refractivity contribution in [1.29, 1.82) is 0 Å². The minimum Gasteiger partial charge on any atom is -0.359 e. The molecule has 202 valence electrons. The van der Waals surface area contributed by atoms with Gasteiger partial charge in [-0.3, -0.25) is 9.59 Å². The van der Waals surface area contributed by atoms with Crippen LogP contribution in [0.3, 0.4) is 0 Å². The summed E-state index contributed by atoms with van der Waals surface area (Å²) in [4.78, 5) is 23.6. The smallest absolute Gasteiger partial charge is 0.359 e. The number of amides is 2. The van der Waals surface area contributed by atoms with Gasteiger partial charge in [0, 0.05) is 44.1 Å². The van der Waals surface area contributed by atoms with Gasteiger partial charge in [0.15, 0.2) is 0 Å². The molecule has 0 saturated heterocycles. The molecule has 0 unspecified atom stereocenters. The number of anilines is 1. The van der Waals surface area contributed by atoms with Gasteiger partial charge in [-0.2, -0.15) is 18.3 Å². The van der Waals surface area contributed by atoms with Crippen molar-refractivity contribution in [2.24, 2.45) is 5.73 Å². The molecule has 4 aromatic rings. The predicted octanol–water partition coefficient (Wildman–Crippen LogP) is 5.19. The Morgan fingerprint density at radius 1 is 0.846 bits per heavy atom. The largest absolute Gasteiger partial charge is 0.416 e. The lowest BCUT2D eigenvalue weighted by molar-refractivity contribution is -0.137. The summed E-state index contributed by atoms with van der Waals surface area (Å²) in [5.41, 5.74) is 9.90. The van der Waals surface area contributed by atoms with Gasteiger partial charge < -0.3 is 16.4 Å². The van der Waals surface area contributed by atoms with E-state index in [1.54, 1.807) is 23.9 Å². The average molecular weight is 536 g/mol. The van der Waals surface area contributed by atoms with Crippen LogP contribution in [0.5, 0.6) is 0 Å². The fraction of sp³-hybridized carbons (Fsp3) is 0.207. The zero-order valence-electron chi connectivity index (χ0n) is 21.3. The van der Waals surface area contributed by atoms with Crippen molar-refractivity contribution >= 4 is 17.5 Å². The summed E-state index contributed by atoms with van der Waals surface area (Å²) in [6.45, 7) is 0.261. The Labute approximate surface area is 223 Å². The number of carbonyl (C=O) groups is 2. The normalized spacial score (nSPS) is 11.3. The Balaban J connectivity index is 1.63. The van der Waals surface area contributed by atoms with Crippen LogP contribution in [-0.2, 0) is 22.2 Å². The summed E-state index contributed by atoms with van der Waals surface area (Å²) < 4.78 is 40.5. The number of aromatic nitrogens is 2. The van der Waals surface area contributed by atoms with Gasteiger partial charge in [-0.25, -0.2) is 4.68 Å². The number of nitrogens with zero attached hydrogens (tertiary/aromatic N) is 2. The molecule has 1 heterocycles. The molecule has 4 rings (SSSR count). The van der Waals surface area contributed by atoms with Crippen molar-refractivity contribution in [3.8, 4) is 28.1 Å². The zero-order chi connectivity index (χ0) is 28.0. The second-order valence-corrected chi connectivity index (χ2v) is 8.89. The van der Waals surface area contributed by atoms with E-state index in [1.807, 2.05) is 42.5 Å². The van der Waals surface area contributed by atoms with Crippen LogP contribution < -0.4 is 16.4 Å². The zero-order valence-corrected chi connectivity index (χ0v) is 21.3. The molecule has 0 aliphatic rings. The van der Waals surface area contributed by atoms with E-state index in [4.69, 9.17) is 10.8 Å². The number of benzene rings is 3. The molecule has 39 heavy (non-hydrogen) atoms. The first-order valence-corrected chi connectivity index (χ1v) is 12.4. The fourth-order valence-corrected chi connectivity index (χ4v) is 4.05. The van der Waals surface area contributed by atoms with E-state index in [-0.39, 0.29) is 31.2 Å². The molecular weight excluding hydrogens is 507 g/mol. The lowest BCUT2D eigenvalue weighted by Gasteiger charge is -2.11. The fourth-order valence-electron chi connectivity index (χ4n) is 4.05. The molecule has 10 heteroatoms. The van der Waals surface area contributed by atoms with Crippen molar-refractivity contribution < 1.29 is 22.8 Å². The highest BCUT2D eigenvalue weighted by Gasteiger charge is 2.30. The van der Waals surface area contributed by atoms with Crippen molar-refractivity contribution in [3.05, 3.63) is 90.1 Å². The number of rotatable bonds is 9. The van der Waals surface area contributed by atoms with E-state index in [1.165, 1.54) is 12.1 Å². The SMILES string of the molecule is CNC(=O)CCc1cc(-c2ccc(-c3ccc(C(F)(F)F)cc3)cc2)n(-c2ccc(NC(=O)CCN)cc2)n1. The number of nitrogens with one attached hydrogen (secondary N) is 2. The van der Waals surface area contributed by atoms with E-state index in [0.29, 0.717) is 17.7 Å². The third-order valence-electron chi connectivity index (χ3n) is 6.14. The van der Waals surface area contributed by atoms with Gasteiger partial charge in [0.1, 0.15) is 0 Å². The van der Waals surface area contributed by atoms with Crippen LogP contribution in [0.15, 0.2) is 78.9 Å². The number of nitrogens with two attached hydrogens (primary N) is 1. The second kappa shape index (κ2) is 12.0. The van der Waals surface area contributed by atoms with Crippen LogP contribution in [0.2, 0.25) is 0 Å². The predicted molar refractivity (Wildman–Crippen MR) is 144 cm³/mol. The highest BCUT2D eigenvalue weighted by atomic mass is 19.4. The summed E-state index contributed by atoms with van der Waals surface area (Å²) in [5.74, 6) is -0.265. The molecular formula is C29H28F3N5O2. The van der Waals surface area contributed by atoms with Crippen LogP contribution in [0.25, 0.3) is 28.1 Å². The highest BCUT2D eigenvalue weighted by Crippen LogP contribution is 2.32. The van der Waals surface area contributed by atoms with E-state index in [2.05, 4.69) is 10.6 Å². The number of carbonyl (C=O) groups excluding carboxylic acids is 2. The van der Waals surface area contributed by atoms with Crippen LogP contribution >= 0.6 is 0 Å². The Morgan fingerprint density at radius 3 is 2.00 bits per heavy atom. The molecule has 0 atom stereocenters. The molecule has 0 fully saturated rings. The first-order chi connectivity index (χ1) is 18.7. The summed E-state index contributed by atoms with van der Waals surface area (Å²) in [6.07, 6.45) is -3.44. The van der Waals surface area contributed by atoms with Gasteiger partial charge in [-0.1, -0.05) is 36.4 Å². The summed E-state index contributed by atoms with van der Waals surface area (Å²) in [6, 6.07) is 21.6. The van der Waals surface area contributed by atoms with Crippen LogP contribution in [-0.4, -0.2) is 35.2 Å². The number of aryl methyl sites for hydroxylation is 1. The standard InChI is InChI=1S/C29H28F3N5O2/c1-34-27(38)15-12-24-18-26(37(36-24)25-13-10-23(11-14-25)35-28(39)16-17-33)21-4-2-19(3-5-21)20-6-8-22(9-7-20)29(30,31)32/h2-11,13-14,18H,12,15-17,33H2,1H3,(H,34,38)(H,35,39). The highest BCUT2D eigenvalue weighted by molar-refractivity contribution is 5.90. The number of hydrogen-bond acceptors (Lipinski definition) is 4. The maximum atomic E-state index is 12.9. The molecule has 0 saturated carbocycles. The lowest BCUT2D eigenvalue weighted by Crippen LogP contribution is -2.18.